The fraction of sp³-hybridized carbons (Fsp3) is 0.111. The van der Waals surface area contributed by atoms with Gasteiger partial charge >= 0.3 is 0 Å². The van der Waals surface area contributed by atoms with Gasteiger partial charge in [-0.3, -0.25) is 4.79 Å². The van der Waals surface area contributed by atoms with Crippen LogP contribution in [0.2, 0.25) is 0 Å². The molecule has 2 aromatic carbocycles. The summed E-state index contributed by atoms with van der Waals surface area (Å²) in [5, 5.41) is 11.6. The number of amides is 1. The van der Waals surface area contributed by atoms with E-state index in [1.165, 1.54) is 0 Å². The summed E-state index contributed by atoms with van der Waals surface area (Å²) < 4.78 is 0. The zero-order valence-corrected chi connectivity index (χ0v) is 12.8. The molecule has 1 N–H and O–H groups in total. The van der Waals surface area contributed by atoms with E-state index in [2.05, 4.69) is 11.4 Å². The molecule has 0 aliphatic carbocycles. The van der Waals surface area contributed by atoms with Gasteiger partial charge < -0.3 is 5.32 Å². The molecule has 2 rings (SSSR count). The third-order valence-electron chi connectivity index (χ3n) is 2.83. The van der Waals surface area contributed by atoms with E-state index in [1.54, 1.807) is 36.0 Å². The van der Waals surface area contributed by atoms with Crippen molar-refractivity contribution in [3.8, 4) is 6.07 Å². The number of carbonyl (C=O) groups excluding carboxylic acids is 1. The topological polar surface area (TPSA) is 52.9 Å². The Hall–Kier alpha value is -2.51. The maximum Gasteiger partial charge on any atom is 0.234 e. The number of hydrogen-bond donors (Lipinski definition) is 1. The number of benzene rings is 2. The first kappa shape index (κ1) is 15.9. The first-order chi connectivity index (χ1) is 10.8. The van der Waals surface area contributed by atoms with E-state index in [9.17, 15) is 4.79 Å². The van der Waals surface area contributed by atoms with Crippen molar-refractivity contribution in [2.45, 2.75) is 0 Å². The second kappa shape index (κ2) is 8.71. The van der Waals surface area contributed by atoms with E-state index in [4.69, 9.17) is 5.26 Å². The summed E-state index contributed by atoms with van der Waals surface area (Å²) in [7, 11) is 0. The number of nitrogens with zero attached hydrogens (tertiary/aromatic N) is 1. The van der Waals surface area contributed by atoms with Gasteiger partial charge in [-0.05, 0) is 23.8 Å². The zero-order valence-electron chi connectivity index (χ0n) is 12.0. The SMILES string of the molecule is N#Cc1cccc(NC(=O)CSC/C=C/c2ccccc2)c1. The van der Waals surface area contributed by atoms with Crippen molar-refractivity contribution in [3.63, 3.8) is 0 Å². The van der Waals surface area contributed by atoms with Crippen LogP contribution in [-0.2, 0) is 4.79 Å². The Morgan fingerprint density at radius 3 is 2.77 bits per heavy atom. The molecule has 110 valence electrons. The van der Waals surface area contributed by atoms with Gasteiger partial charge in [0.05, 0.1) is 17.4 Å². The van der Waals surface area contributed by atoms with Crippen LogP contribution >= 0.6 is 11.8 Å². The summed E-state index contributed by atoms with van der Waals surface area (Å²) in [5.74, 6) is 1.10. The molecule has 0 atom stereocenters. The summed E-state index contributed by atoms with van der Waals surface area (Å²) in [5.41, 5.74) is 2.35. The Bertz CT molecular complexity index is 690. The molecule has 0 aliphatic heterocycles. The lowest BCUT2D eigenvalue weighted by molar-refractivity contribution is -0.113. The first-order valence-corrected chi connectivity index (χ1v) is 8.03. The van der Waals surface area contributed by atoms with Crippen LogP contribution in [0.4, 0.5) is 5.69 Å². The summed E-state index contributed by atoms with van der Waals surface area (Å²) in [4.78, 5) is 11.8. The van der Waals surface area contributed by atoms with Crippen molar-refractivity contribution >= 4 is 29.4 Å². The van der Waals surface area contributed by atoms with Gasteiger partial charge in [-0.15, -0.1) is 11.8 Å². The van der Waals surface area contributed by atoms with E-state index in [-0.39, 0.29) is 5.91 Å². The van der Waals surface area contributed by atoms with Gasteiger partial charge in [-0.2, -0.15) is 5.26 Å². The highest BCUT2D eigenvalue weighted by Gasteiger charge is 2.02. The minimum atomic E-state index is -0.0619. The lowest BCUT2D eigenvalue weighted by Gasteiger charge is -2.04. The molecule has 0 fully saturated rings. The summed E-state index contributed by atoms with van der Waals surface area (Å²) in [6.45, 7) is 0. The second-order valence-electron chi connectivity index (χ2n) is 4.57. The minimum absolute atomic E-state index is 0.0619. The number of nitriles is 1. The number of hydrogen-bond acceptors (Lipinski definition) is 3. The molecule has 0 bridgehead atoms. The lowest BCUT2D eigenvalue weighted by atomic mass is 10.2. The van der Waals surface area contributed by atoms with Crippen LogP contribution in [0, 0.1) is 11.3 Å². The molecule has 0 spiro atoms. The average Bonchev–Trinajstić information content (AvgIpc) is 2.55. The van der Waals surface area contributed by atoms with Crippen molar-refractivity contribution in [2.24, 2.45) is 0 Å². The molecular formula is C18H16N2OS. The predicted molar refractivity (Wildman–Crippen MR) is 92.6 cm³/mol. The Labute approximate surface area is 134 Å². The summed E-state index contributed by atoms with van der Waals surface area (Å²) in [6, 6.07) is 19.0. The normalized spacial score (nSPS) is 10.3. The molecule has 4 heteroatoms. The number of nitrogens with one attached hydrogen (secondary N) is 1. The molecule has 0 aliphatic rings. The Kier molecular flexibility index (Phi) is 6.28. The number of rotatable bonds is 6. The molecule has 0 radical (unpaired) electrons. The van der Waals surface area contributed by atoms with Crippen LogP contribution in [-0.4, -0.2) is 17.4 Å². The van der Waals surface area contributed by atoms with E-state index in [0.29, 0.717) is 17.0 Å². The van der Waals surface area contributed by atoms with E-state index < -0.39 is 0 Å². The van der Waals surface area contributed by atoms with Crippen LogP contribution in [0.1, 0.15) is 11.1 Å². The largest absolute Gasteiger partial charge is 0.325 e. The van der Waals surface area contributed by atoms with Crippen LogP contribution in [0.25, 0.3) is 6.08 Å². The first-order valence-electron chi connectivity index (χ1n) is 6.87. The third kappa shape index (κ3) is 5.47. The van der Waals surface area contributed by atoms with Gasteiger partial charge in [-0.25, -0.2) is 0 Å². The molecule has 3 nitrogen and oxygen atoms in total. The monoisotopic (exact) mass is 308 g/mol. The lowest BCUT2D eigenvalue weighted by Crippen LogP contribution is -2.14. The zero-order chi connectivity index (χ0) is 15.6. The smallest absolute Gasteiger partial charge is 0.234 e. The molecule has 0 saturated carbocycles. The number of thioether (sulfide) groups is 1. The number of anilines is 1. The van der Waals surface area contributed by atoms with Crippen molar-refractivity contribution in [2.75, 3.05) is 16.8 Å². The van der Waals surface area contributed by atoms with Crippen LogP contribution in [0.3, 0.4) is 0 Å². The fourth-order valence-electron chi connectivity index (χ4n) is 1.83. The highest BCUT2D eigenvalue weighted by molar-refractivity contribution is 8.00. The van der Waals surface area contributed by atoms with Gasteiger partial charge in [0.25, 0.3) is 0 Å². The maximum atomic E-state index is 11.8. The maximum absolute atomic E-state index is 11.8. The third-order valence-corrected chi connectivity index (χ3v) is 3.73. The van der Waals surface area contributed by atoms with Gasteiger partial charge in [0.2, 0.25) is 5.91 Å². The standard InChI is InChI=1S/C18H16N2OS/c19-13-16-8-4-10-17(12-16)20-18(21)14-22-11-5-9-15-6-2-1-3-7-15/h1-10,12H,11,14H2,(H,20,21)/b9-5+. The molecule has 0 unspecified atom stereocenters. The minimum Gasteiger partial charge on any atom is -0.325 e. The fourth-order valence-corrected chi connectivity index (χ4v) is 2.44. The van der Waals surface area contributed by atoms with Gasteiger partial charge in [0, 0.05) is 11.4 Å². The quantitative estimate of drug-likeness (QED) is 0.822. The van der Waals surface area contributed by atoms with E-state index in [0.717, 1.165) is 11.3 Å². The molecular weight excluding hydrogens is 292 g/mol. The molecule has 0 aromatic heterocycles. The van der Waals surface area contributed by atoms with Crippen molar-refractivity contribution < 1.29 is 4.79 Å². The van der Waals surface area contributed by atoms with E-state index >= 15 is 0 Å². The molecule has 0 saturated heterocycles. The molecule has 2 aromatic rings. The van der Waals surface area contributed by atoms with E-state index in [1.807, 2.05) is 42.5 Å². The van der Waals surface area contributed by atoms with Crippen LogP contribution in [0.5, 0.6) is 0 Å². The van der Waals surface area contributed by atoms with Crippen molar-refractivity contribution in [1.29, 1.82) is 5.26 Å². The van der Waals surface area contributed by atoms with Crippen LogP contribution < -0.4 is 5.32 Å². The van der Waals surface area contributed by atoms with Crippen molar-refractivity contribution in [1.82, 2.24) is 0 Å². The van der Waals surface area contributed by atoms with Crippen LogP contribution in [0.15, 0.2) is 60.7 Å². The van der Waals surface area contributed by atoms with Gasteiger partial charge in [0.1, 0.15) is 0 Å². The number of carbonyl (C=O) groups is 1. The molecule has 22 heavy (non-hydrogen) atoms. The Balaban J connectivity index is 1.72. The Morgan fingerprint density at radius 1 is 1.18 bits per heavy atom. The Morgan fingerprint density at radius 2 is 2.00 bits per heavy atom. The van der Waals surface area contributed by atoms with Gasteiger partial charge in [-0.1, -0.05) is 48.6 Å². The highest BCUT2D eigenvalue weighted by Crippen LogP contribution is 2.11. The molecule has 1 amide bonds. The van der Waals surface area contributed by atoms with Gasteiger partial charge in [0.15, 0.2) is 0 Å². The summed E-state index contributed by atoms with van der Waals surface area (Å²) in [6.07, 6.45) is 4.09. The predicted octanol–water partition coefficient (Wildman–Crippen LogP) is 3.94. The van der Waals surface area contributed by atoms with Crippen molar-refractivity contribution in [3.05, 3.63) is 71.8 Å². The average molecular weight is 308 g/mol. The second-order valence-corrected chi connectivity index (χ2v) is 5.60. The molecule has 0 heterocycles. The highest BCUT2D eigenvalue weighted by atomic mass is 32.2. The summed E-state index contributed by atoms with van der Waals surface area (Å²) >= 11 is 1.55.